The first-order chi connectivity index (χ1) is 13.4. The van der Waals surface area contributed by atoms with Crippen LogP contribution < -0.4 is 4.74 Å². The van der Waals surface area contributed by atoms with Crippen LogP contribution in [0.5, 0.6) is 5.75 Å². The molecular formula is C21H26O7. The lowest BCUT2D eigenvalue weighted by Crippen LogP contribution is -2.13. The summed E-state index contributed by atoms with van der Waals surface area (Å²) in [7, 11) is 0. The van der Waals surface area contributed by atoms with Crippen molar-refractivity contribution in [3.8, 4) is 5.75 Å². The average molecular weight is 390 g/mol. The molecule has 1 aromatic carbocycles. The van der Waals surface area contributed by atoms with Crippen LogP contribution in [0.15, 0.2) is 36.9 Å². The van der Waals surface area contributed by atoms with Crippen molar-refractivity contribution in [1.29, 1.82) is 0 Å². The van der Waals surface area contributed by atoms with Crippen molar-refractivity contribution in [2.75, 3.05) is 13.2 Å². The largest absolute Gasteiger partial charge is 0.466 e. The van der Waals surface area contributed by atoms with Crippen LogP contribution in [0.25, 0.3) is 0 Å². The van der Waals surface area contributed by atoms with Crippen molar-refractivity contribution in [2.24, 2.45) is 5.92 Å². The number of hydrogen-bond donors (Lipinski definition) is 0. The summed E-state index contributed by atoms with van der Waals surface area (Å²) in [6, 6.07) is 6.10. The fraction of sp³-hybridized carbons (Fsp3) is 0.429. The summed E-state index contributed by atoms with van der Waals surface area (Å²) < 4.78 is 15.1. The van der Waals surface area contributed by atoms with E-state index in [9.17, 15) is 19.2 Å². The number of unbranched alkanes of at least 4 members (excludes halogenated alkanes) is 1. The van der Waals surface area contributed by atoms with Crippen LogP contribution in [-0.2, 0) is 23.9 Å². The molecule has 0 bridgehead atoms. The third-order valence-corrected chi connectivity index (χ3v) is 3.81. The Morgan fingerprint density at radius 3 is 2.36 bits per heavy atom. The molecule has 7 heteroatoms. The molecule has 1 rings (SSSR count). The van der Waals surface area contributed by atoms with E-state index < -0.39 is 17.9 Å². The molecular weight excluding hydrogens is 364 g/mol. The van der Waals surface area contributed by atoms with E-state index in [1.165, 1.54) is 24.3 Å². The maximum absolute atomic E-state index is 11.7. The zero-order valence-corrected chi connectivity index (χ0v) is 16.1. The van der Waals surface area contributed by atoms with Gasteiger partial charge in [0.15, 0.2) is 0 Å². The number of carbonyl (C=O) groups is 4. The zero-order chi connectivity index (χ0) is 20.8. The molecule has 0 amide bonds. The molecule has 0 saturated carbocycles. The molecule has 0 radical (unpaired) electrons. The van der Waals surface area contributed by atoms with Crippen molar-refractivity contribution in [3.63, 3.8) is 0 Å². The minimum Gasteiger partial charge on any atom is -0.466 e. The fourth-order valence-corrected chi connectivity index (χ4v) is 2.22. The van der Waals surface area contributed by atoms with Gasteiger partial charge in [-0.3, -0.25) is 14.4 Å². The summed E-state index contributed by atoms with van der Waals surface area (Å²) in [6.45, 7) is 5.92. The van der Waals surface area contributed by atoms with Gasteiger partial charge in [0, 0.05) is 11.6 Å². The minimum atomic E-state index is -0.543. The molecule has 1 unspecified atom stereocenters. The quantitative estimate of drug-likeness (QED) is 0.168. The molecule has 1 atom stereocenters. The molecule has 0 aliphatic heterocycles. The van der Waals surface area contributed by atoms with E-state index in [1.54, 1.807) is 0 Å². The highest BCUT2D eigenvalue weighted by atomic mass is 16.5. The van der Waals surface area contributed by atoms with Crippen molar-refractivity contribution in [1.82, 2.24) is 0 Å². The predicted molar refractivity (Wildman–Crippen MR) is 102 cm³/mol. The van der Waals surface area contributed by atoms with Crippen molar-refractivity contribution in [2.45, 2.75) is 39.0 Å². The second kappa shape index (κ2) is 13.2. The zero-order valence-electron chi connectivity index (χ0n) is 16.1. The van der Waals surface area contributed by atoms with Crippen molar-refractivity contribution in [3.05, 3.63) is 42.5 Å². The maximum Gasteiger partial charge on any atom is 0.330 e. The summed E-state index contributed by atoms with van der Waals surface area (Å²) in [4.78, 5) is 44.9. The number of rotatable bonds is 13. The molecule has 0 heterocycles. The molecule has 0 spiro atoms. The molecule has 28 heavy (non-hydrogen) atoms. The number of esters is 3. The maximum atomic E-state index is 11.7. The number of hydrogen-bond acceptors (Lipinski definition) is 7. The Morgan fingerprint density at radius 2 is 1.71 bits per heavy atom. The van der Waals surface area contributed by atoms with E-state index in [0.29, 0.717) is 30.6 Å². The van der Waals surface area contributed by atoms with Crippen LogP contribution in [0, 0.1) is 5.92 Å². The van der Waals surface area contributed by atoms with Gasteiger partial charge in [-0.2, -0.15) is 0 Å². The predicted octanol–water partition coefficient (Wildman–Crippen LogP) is 3.26. The number of carbonyl (C=O) groups excluding carboxylic acids is 4. The van der Waals surface area contributed by atoms with Crippen LogP contribution >= 0.6 is 0 Å². The van der Waals surface area contributed by atoms with Gasteiger partial charge < -0.3 is 14.2 Å². The lowest BCUT2D eigenvalue weighted by atomic mass is 10.1. The molecule has 0 aromatic heterocycles. The second-order valence-corrected chi connectivity index (χ2v) is 6.32. The molecule has 152 valence electrons. The van der Waals surface area contributed by atoms with Crippen LogP contribution in [0.3, 0.4) is 0 Å². The lowest BCUT2D eigenvalue weighted by Gasteiger charge is -2.11. The van der Waals surface area contributed by atoms with Crippen molar-refractivity contribution >= 4 is 24.2 Å². The summed E-state index contributed by atoms with van der Waals surface area (Å²) in [6.07, 6.45) is 4.06. The van der Waals surface area contributed by atoms with Gasteiger partial charge in [-0.25, -0.2) is 4.79 Å². The molecule has 1 aromatic rings. The smallest absolute Gasteiger partial charge is 0.330 e. The monoisotopic (exact) mass is 390 g/mol. The van der Waals surface area contributed by atoms with Gasteiger partial charge in [-0.05, 0) is 49.4 Å². The van der Waals surface area contributed by atoms with Gasteiger partial charge in [0.05, 0.1) is 26.1 Å². The van der Waals surface area contributed by atoms with Gasteiger partial charge >= 0.3 is 17.9 Å². The van der Waals surface area contributed by atoms with Crippen LogP contribution in [0.1, 0.15) is 49.4 Å². The Morgan fingerprint density at radius 1 is 1.04 bits per heavy atom. The fourth-order valence-electron chi connectivity index (χ4n) is 2.22. The third kappa shape index (κ3) is 10.3. The molecule has 7 nitrogen and oxygen atoms in total. The van der Waals surface area contributed by atoms with Gasteiger partial charge in [-0.15, -0.1) is 0 Å². The van der Waals surface area contributed by atoms with Gasteiger partial charge in [0.25, 0.3) is 0 Å². The highest BCUT2D eigenvalue weighted by Gasteiger charge is 2.11. The average Bonchev–Trinajstić information content (AvgIpc) is 2.70. The Bertz CT molecular complexity index is 664. The SMILES string of the molecule is C=CC(=O)OCC(C)CCCCOC(=O)CCC(=O)Oc1ccc(C=O)cc1. The van der Waals surface area contributed by atoms with Gasteiger partial charge in [0.2, 0.25) is 0 Å². The van der Waals surface area contributed by atoms with E-state index in [4.69, 9.17) is 14.2 Å². The first kappa shape index (κ1) is 23.1. The van der Waals surface area contributed by atoms with Crippen LogP contribution in [0.2, 0.25) is 0 Å². The van der Waals surface area contributed by atoms with Gasteiger partial charge in [0.1, 0.15) is 12.0 Å². The lowest BCUT2D eigenvalue weighted by molar-refractivity contribution is -0.147. The third-order valence-electron chi connectivity index (χ3n) is 3.81. The Hall–Kier alpha value is -2.96. The van der Waals surface area contributed by atoms with Gasteiger partial charge in [-0.1, -0.05) is 13.5 Å². The normalized spacial score (nSPS) is 11.2. The van der Waals surface area contributed by atoms with Crippen LogP contribution in [0.4, 0.5) is 0 Å². The number of benzene rings is 1. The van der Waals surface area contributed by atoms with E-state index in [1.807, 2.05) is 6.92 Å². The summed E-state index contributed by atoms with van der Waals surface area (Å²) in [5.74, 6) is -0.899. The highest BCUT2D eigenvalue weighted by Crippen LogP contribution is 2.13. The first-order valence-corrected chi connectivity index (χ1v) is 9.15. The number of ether oxygens (including phenoxy) is 3. The molecule has 0 N–H and O–H groups in total. The Labute approximate surface area is 164 Å². The molecule has 0 saturated heterocycles. The first-order valence-electron chi connectivity index (χ1n) is 9.15. The van der Waals surface area contributed by atoms with E-state index >= 15 is 0 Å². The summed E-state index contributed by atoms with van der Waals surface area (Å²) in [5, 5.41) is 0. The Balaban J connectivity index is 2.09. The summed E-state index contributed by atoms with van der Waals surface area (Å²) in [5.41, 5.74) is 0.482. The van der Waals surface area contributed by atoms with Crippen molar-refractivity contribution < 1.29 is 33.4 Å². The topological polar surface area (TPSA) is 96.0 Å². The second-order valence-electron chi connectivity index (χ2n) is 6.32. The molecule has 0 aliphatic rings. The standard InChI is InChI=1S/C21H26O7/c1-3-19(23)27-15-16(2)6-4-5-13-26-20(24)11-12-21(25)28-18-9-7-17(14-22)8-10-18/h3,7-10,14,16H,1,4-6,11-13,15H2,2H3. The Kier molecular flexibility index (Phi) is 10.9. The van der Waals surface area contributed by atoms with E-state index in [0.717, 1.165) is 18.9 Å². The van der Waals surface area contributed by atoms with Crippen LogP contribution in [-0.4, -0.2) is 37.4 Å². The highest BCUT2D eigenvalue weighted by molar-refractivity contribution is 5.81. The summed E-state index contributed by atoms with van der Waals surface area (Å²) >= 11 is 0. The molecule has 0 aliphatic carbocycles. The van der Waals surface area contributed by atoms with E-state index in [2.05, 4.69) is 6.58 Å². The molecule has 0 fully saturated rings. The number of aldehydes is 1. The minimum absolute atomic E-state index is 0.0564. The van der Waals surface area contributed by atoms with E-state index in [-0.39, 0.29) is 25.4 Å².